The average Bonchev–Trinajstić information content (AvgIpc) is 2.65. The van der Waals surface area contributed by atoms with Gasteiger partial charge < -0.3 is 5.32 Å². The molecule has 1 aromatic rings. The van der Waals surface area contributed by atoms with Gasteiger partial charge in [0.15, 0.2) is 0 Å². The highest BCUT2D eigenvalue weighted by Gasteiger charge is 2.21. The highest BCUT2D eigenvalue weighted by molar-refractivity contribution is 9.11. The smallest absolute Gasteiger partial charge is 0.0701 e. The molecular formula is C12H17BrN2S. The Morgan fingerprint density at radius 1 is 1.50 bits per heavy atom. The minimum Gasteiger partial charge on any atom is -0.316 e. The van der Waals surface area contributed by atoms with E-state index in [0.717, 1.165) is 19.5 Å². The van der Waals surface area contributed by atoms with Gasteiger partial charge in [0.1, 0.15) is 0 Å². The topological polar surface area (TPSA) is 35.8 Å². The molecule has 0 atom stereocenters. The summed E-state index contributed by atoms with van der Waals surface area (Å²) in [4.78, 5) is 1.38. The van der Waals surface area contributed by atoms with Crippen LogP contribution in [0.15, 0.2) is 15.9 Å². The fourth-order valence-electron chi connectivity index (χ4n) is 1.46. The Balaban J connectivity index is 2.37. The third kappa shape index (κ3) is 4.25. The molecule has 0 unspecified atom stereocenters. The third-order valence-corrected chi connectivity index (χ3v) is 4.44. The Morgan fingerprint density at radius 3 is 2.81 bits per heavy atom. The van der Waals surface area contributed by atoms with Crippen LogP contribution in [0.1, 0.15) is 31.6 Å². The van der Waals surface area contributed by atoms with Crippen LogP contribution in [0.3, 0.4) is 0 Å². The molecule has 0 saturated heterocycles. The predicted octanol–water partition coefficient (Wildman–Crippen LogP) is 3.68. The van der Waals surface area contributed by atoms with E-state index in [1.54, 1.807) is 11.3 Å². The van der Waals surface area contributed by atoms with Crippen molar-refractivity contribution in [3.05, 3.63) is 20.8 Å². The van der Waals surface area contributed by atoms with E-state index in [9.17, 15) is 0 Å². The van der Waals surface area contributed by atoms with Crippen molar-refractivity contribution in [2.45, 2.75) is 32.1 Å². The predicted molar refractivity (Wildman–Crippen MR) is 72.8 cm³/mol. The molecule has 4 heteroatoms. The Labute approximate surface area is 110 Å². The molecule has 0 fully saturated rings. The molecule has 1 aromatic heterocycles. The summed E-state index contributed by atoms with van der Waals surface area (Å²) in [7, 11) is 0. The quantitative estimate of drug-likeness (QED) is 0.814. The zero-order valence-corrected chi connectivity index (χ0v) is 12.1. The van der Waals surface area contributed by atoms with Crippen molar-refractivity contribution in [3.8, 4) is 6.07 Å². The maximum absolute atomic E-state index is 8.42. The molecule has 1 rings (SSSR count). The van der Waals surface area contributed by atoms with Crippen molar-refractivity contribution in [2.75, 3.05) is 13.1 Å². The first-order valence-corrected chi connectivity index (χ1v) is 7.01. The van der Waals surface area contributed by atoms with Gasteiger partial charge in [-0.2, -0.15) is 5.26 Å². The summed E-state index contributed by atoms with van der Waals surface area (Å²) >= 11 is 5.28. The summed E-state index contributed by atoms with van der Waals surface area (Å²) < 4.78 is 1.18. The van der Waals surface area contributed by atoms with E-state index in [1.165, 1.54) is 8.66 Å². The van der Waals surface area contributed by atoms with E-state index in [4.69, 9.17) is 5.26 Å². The van der Waals surface area contributed by atoms with Crippen LogP contribution in [0.5, 0.6) is 0 Å². The molecule has 0 spiro atoms. The zero-order valence-electron chi connectivity index (χ0n) is 9.72. The zero-order chi connectivity index (χ0) is 12.0. The number of nitrogens with zero attached hydrogens (tertiary/aromatic N) is 1. The Hall–Kier alpha value is -0.370. The van der Waals surface area contributed by atoms with E-state index in [-0.39, 0.29) is 5.41 Å². The lowest BCUT2D eigenvalue weighted by atomic mass is 9.91. The second kappa shape index (κ2) is 6.39. The highest BCUT2D eigenvalue weighted by Crippen LogP contribution is 2.32. The lowest BCUT2D eigenvalue weighted by Gasteiger charge is -2.23. The first-order chi connectivity index (χ1) is 7.56. The fraction of sp³-hybridized carbons (Fsp3) is 0.583. The van der Waals surface area contributed by atoms with Gasteiger partial charge in [-0.1, -0.05) is 13.8 Å². The number of thiophene rings is 1. The molecule has 0 amide bonds. The average molecular weight is 301 g/mol. The lowest BCUT2D eigenvalue weighted by molar-refractivity contribution is 0.475. The summed E-state index contributed by atoms with van der Waals surface area (Å²) in [6.45, 7) is 6.35. The third-order valence-electron chi connectivity index (χ3n) is 2.45. The van der Waals surface area contributed by atoms with E-state index < -0.39 is 0 Å². The minimum absolute atomic E-state index is 0.156. The molecule has 0 bridgehead atoms. The van der Waals surface area contributed by atoms with Gasteiger partial charge in [0.2, 0.25) is 0 Å². The van der Waals surface area contributed by atoms with E-state index in [0.29, 0.717) is 6.42 Å². The maximum atomic E-state index is 8.42. The minimum atomic E-state index is 0.156. The number of hydrogen-bond donors (Lipinski definition) is 1. The molecule has 1 N–H and O–H groups in total. The molecule has 0 aliphatic heterocycles. The van der Waals surface area contributed by atoms with Gasteiger partial charge in [0, 0.05) is 23.3 Å². The summed E-state index contributed by atoms with van der Waals surface area (Å²) in [5.74, 6) is 0. The summed E-state index contributed by atoms with van der Waals surface area (Å²) in [6.07, 6.45) is 1.57. The Bertz CT molecular complexity index is 365. The summed E-state index contributed by atoms with van der Waals surface area (Å²) in [5, 5.41) is 11.8. The molecule has 0 aromatic carbocycles. The number of nitrogens with one attached hydrogen (secondary N) is 1. The van der Waals surface area contributed by atoms with Gasteiger partial charge in [-0.15, -0.1) is 11.3 Å². The van der Waals surface area contributed by atoms with E-state index in [2.05, 4.69) is 53.3 Å². The van der Waals surface area contributed by atoms with Gasteiger partial charge in [0.05, 0.1) is 9.86 Å². The molecule has 0 saturated carbocycles. The molecule has 2 nitrogen and oxygen atoms in total. The number of unbranched alkanes of at least 4 members (excludes halogenated alkanes) is 1. The van der Waals surface area contributed by atoms with Crippen molar-refractivity contribution < 1.29 is 0 Å². The Morgan fingerprint density at radius 2 is 2.25 bits per heavy atom. The van der Waals surface area contributed by atoms with Gasteiger partial charge in [-0.25, -0.2) is 0 Å². The number of hydrogen-bond acceptors (Lipinski definition) is 3. The number of nitriles is 1. The highest BCUT2D eigenvalue weighted by atomic mass is 79.9. The lowest BCUT2D eigenvalue weighted by Crippen LogP contribution is -2.32. The van der Waals surface area contributed by atoms with Crippen LogP contribution in [-0.2, 0) is 5.41 Å². The van der Waals surface area contributed by atoms with Crippen LogP contribution in [-0.4, -0.2) is 13.1 Å². The second-order valence-corrected chi connectivity index (χ2v) is 6.89. The second-order valence-electron chi connectivity index (χ2n) is 4.43. The molecular weight excluding hydrogens is 284 g/mol. The normalized spacial score (nSPS) is 11.4. The van der Waals surface area contributed by atoms with Gasteiger partial charge in [0.25, 0.3) is 0 Å². The Kier molecular flexibility index (Phi) is 5.47. The van der Waals surface area contributed by atoms with E-state index in [1.807, 2.05) is 0 Å². The van der Waals surface area contributed by atoms with Crippen LogP contribution in [0.25, 0.3) is 0 Å². The first kappa shape index (κ1) is 13.7. The molecule has 0 radical (unpaired) electrons. The number of halogens is 1. The SMILES string of the molecule is CC(C)(CNCCCC#N)c1ccc(Br)s1. The summed E-state index contributed by atoms with van der Waals surface area (Å²) in [6, 6.07) is 6.42. The van der Waals surface area contributed by atoms with Gasteiger partial charge in [-0.3, -0.25) is 0 Å². The van der Waals surface area contributed by atoms with Gasteiger partial charge >= 0.3 is 0 Å². The largest absolute Gasteiger partial charge is 0.316 e. The fourth-order valence-corrected chi connectivity index (χ4v) is 2.94. The van der Waals surface area contributed by atoms with Crippen LogP contribution >= 0.6 is 27.3 Å². The van der Waals surface area contributed by atoms with Crippen LogP contribution in [0.4, 0.5) is 0 Å². The van der Waals surface area contributed by atoms with Crippen molar-refractivity contribution in [3.63, 3.8) is 0 Å². The molecule has 16 heavy (non-hydrogen) atoms. The van der Waals surface area contributed by atoms with Gasteiger partial charge in [-0.05, 0) is 41.0 Å². The molecule has 0 aliphatic carbocycles. The number of rotatable bonds is 6. The van der Waals surface area contributed by atoms with Crippen molar-refractivity contribution in [2.24, 2.45) is 0 Å². The van der Waals surface area contributed by atoms with E-state index >= 15 is 0 Å². The van der Waals surface area contributed by atoms with Crippen LogP contribution in [0, 0.1) is 11.3 Å². The van der Waals surface area contributed by atoms with Crippen molar-refractivity contribution in [1.29, 1.82) is 5.26 Å². The standard InChI is InChI=1S/C12H17BrN2S/c1-12(2,9-15-8-4-3-7-14)10-5-6-11(13)16-10/h5-6,15H,3-4,8-9H2,1-2H3. The van der Waals surface area contributed by atoms with Crippen LogP contribution in [0.2, 0.25) is 0 Å². The monoisotopic (exact) mass is 300 g/mol. The maximum Gasteiger partial charge on any atom is 0.0701 e. The van der Waals surface area contributed by atoms with Crippen LogP contribution < -0.4 is 5.32 Å². The summed E-state index contributed by atoms with van der Waals surface area (Å²) in [5.41, 5.74) is 0.156. The molecule has 88 valence electrons. The first-order valence-electron chi connectivity index (χ1n) is 5.40. The van der Waals surface area contributed by atoms with Crippen molar-refractivity contribution >= 4 is 27.3 Å². The molecule has 0 aliphatic rings. The van der Waals surface area contributed by atoms with Crippen molar-refractivity contribution in [1.82, 2.24) is 5.32 Å². The molecule has 1 heterocycles.